The van der Waals surface area contributed by atoms with Crippen LogP contribution in [0.5, 0.6) is 5.75 Å². The average Bonchev–Trinajstić information content (AvgIpc) is 2.60. The molecular weight excluding hydrogens is 327 g/mol. The first-order valence-electron chi connectivity index (χ1n) is 9.44. The fraction of sp³-hybridized carbons (Fsp3) is 0.435. The molecule has 1 aliphatic rings. The molecule has 2 nitrogen and oxygen atoms in total. The summed E-state index contributed by atoms with van der Waals surface area (Å²) in [5.74, 6) is 0.473. The van der Waals surface area contributed by atoms with Gasteiger partial charge in [0.25, 0.3) is 0 Å². The molecule has 1 aliphatic carbocycles. The maximum absolute atomic E-state index is 14.6. The number of hydrogen-bond acceptors (Lipinski definition) is 2. The third kappa shape index (κ3) is 3.98. The summed E-state index contributed by atoms with van der Waals surface area (Å²) in [6.45, 7) is 8.24. The van der Waals surface area contributed by atoms with Crippen molar-refractivity contribution in [1.82, 2.24) is 0 Å². The van der Waals surface area contributed by atoms with Gasteiger partial charge in [-0.2, -0.15) is 0 Å². The Kier molecular flexibility index (Phi) is 5.45. The molecule has 3 heteroatoms. The second-order valence-electron chi connectivity index (χ2n) is 7.77. The molecule has 0 amide bonds. The Morgan fingerprint density at radius 1 is 1.00 bits per heavy atom. The minimum atomic E-state index is -0.644. The van der Waals surface area contributed by atoms with Crippen molar-refractivity contribution in [2.75, 3.05) is 0 Å². The third-order valence-electron chi connectivity index (χ3n) is 5.81. The second-order valence-corrected chi connectivity index (χ2v) is 7.77. The van der Waals surface area contributed by atoms with E-state index < -0.39 is 11.8 Å². The lowest BCUT2D eigenvalue weighted by Crippen LogP contribution is -2.14. The molecule has 3 rings (SSSR count). The molecule has 26 heavy (non-hydrogen) atoms. The van der Waals surface area contributed by atoms with E-state index in [1.165, 1.54) is 24.5 Å². The number of aryl methyl sites for hydroxylation is 2. The van der Waals surface area contributed by atoms with Crippen molar-refractivity contribution in [2.45, 2.75) is 59.3 Å². The number of carbonyl (C=O) groups excluding carboxylic acids is 1. The van der Waals surface area contributed by atoms with Crippen LogP contribution < -0.4 is 4.74 Å². The Balaban J connectivity index is 1.76. The molecule has 0 heterocycles. The largest absolute Gasteiger partial charge is 0.423 e. The maximum Gasteiger partial charge on any atom is 0.346 e. The number of ether oxygens (including phenoxy) is 1. The molecular formula is C23H27FO2. The summed E-state index contributed by atoms with van der Waals surface area (Å²) in [5, 5.41) is 0. The van der Waals surface area contributed by atoms with E-state index >= 15 is 0 Å². The van der Waals surface area contributed by atoms with E-state index in [2.05, 4.69) is 6.92 Å². The van der Waals surface area contributed by atoms with Crippen LogP contribution in [0.4, 0.5) is 4.39 Å². The standard InChI is InChI=1S/C23H27FO2/c1-14-5-7-18(8-6-14)19-9-10-21(22(24)13-19)23(25)26-20-11-15(2)17(4)16(3)12-20/h9-14,18H,5-8H2,1-4H3. The zero-order valence-corrected chi connectivity index (χ0v) is 16.1. The smallest absolute Gasteiger partial charge is 0.346 e. The van der Waals surface area contributed by atoms with Gasteiger partial charge in [0.2, 0.25) is 0 Å². The van der Waals surface area contributed by atoms with E-state index in [1.807, 2.05) is 39.0 Å². The highest BCUT2D eigenvalue weighted by Gasteiger charge is 2.22. The van der Waals surface area contributed by atoms with Gasteiger partial charge in [-0.15, -0.1) is 0 Å². The van der Waals surface area contributed by atoms with Crippen LogP contribution in [0.25, 0.3) is 0 Å². The normalized spacial score (nSPS) is 20.0. The molecule has 0 N–H and O–H groups in total. The van der Waals surface area contributed by atoms with Crippen molar-refractivity contribution < 1.29 is 13.9 Å². The molecule has 2 aromatic carbocycles. The molecule has 0 radical (unpaired) electrons. The summed E-state index contributed by atoms with van der Waals surface area (Å²) in [4.78, 5) is 12.4. The Morgan fingerprint density at radius 3 is 2.19 bits per heavy atom. The van der Waals surface area contributed by atoms with Gasteiger partial charge in [0.05, 0.1) is 5.56 Å². The van der Waals surface area contributed by atoms with E-state index in [-0.39, 0.29) is 5.56 Å². The van der Waals surface area contributed by atoms with Crippen molar-refractivity contribution in [3.8, 4) is 5.75 Å². The minimum absolute atomic E-state index is 0.00573. The minimum Gasteiger partial charge on any atom is -0.423 e. The molecule has 0 saturated heterocycles. The van der Waals surface area contributed by atoms with Crippen LogP contribution >= 0.6 is 0 Å². The SMILES string of the molecule is Cc1cc(OC(=O)c2ccc(C3CCC(C)CC3)cc2F)cc(C)c1C. The Morgan fingerprint density at radius 2 is 1.62 bits per heavy atom. The molecule has 0 bridgehead atoms. The summed E-state index contributed by atoms with van der Waals surface area (Å²) < 4.78 is 20.0. The lowest BCUT2D eigenvalue weighted by molar-refractivity contribution is 0.0729. The highest BCUT2D eigenvalue weighted by molar-refractivity contribution is 5.91. The van der Waals surface area contributed by atoms with Gasteiger partial charge in [-0.1, -0.05) is 25.8 Å². The number of esters is 1. The third-order valence-corrected chi connectivity index (χ3v) is 5.81. The van der Waals surface area contributed by atoms with Crippen LogP contribution in [0.15, 0.2) is 30.3 Å². The van der Waals surface area contributed by atoms with Gasteiger partial charge in [-0.25, -0.2) is 9.18 Å². The summed E-state index contributed by atoms with van der Waals surface area (Å²) >= 11 is 0. The lowest BCUT2D eigenvalue weighted by atomic mass is 9.79. The Hall–Kier alpha value is -2.16. The molecule has 1 saturated carbocycles. The fourth-order valence-corrected chi connectivity index (χ4v) is 3.76. The number of benzene rings is 2. The monoisotopic (exact) mass is 354 g/mol. The van der Waals surface area contributed by atoms with Crippen molar-refractivity contribution >= 4 is 5.97 Å². The van der Waals surface area contributed by atoms with Gasteiger partial charge < -0.3 is 4.74 Å². The van der Waals surface area contributed by atoms with E-state index in [0.29, 0.717) is 11.7 Å². The van der Waals surface area contributed by atoms with Crippen LogP contribution in [0.1, 0.15) is 71.1 Å². The zero-order valence-electron chi connectivity index (χ0n) is 16.1. The fourth-order valence-electron chi connectivity index (χ4n) is 3.76. The Labute approximate surface area is 155 Å². The first-order valence-corrected chi connectivity index (χ1v) is 9.44. The van der Waals surface area contributed by atoms with Crippen LogP contribution in [0.2, 0.25) is 0 Å². The number of rotatable bonds is 3. The molecule has 138 valence electrons. The van der Waals surface area contributed by atoms with E-state index in [9.17, 15) is 9.18 Å². The summed E-state index contributed by atoms with van der Waals surface area (Å²) in [5.41, 5.74) is 4.26. The van der Waals surface area contributed by atoms with Crippen LogP contribution in [-0.2, 0) is 0 Å². The molecule has 0 spiro atoms. The molecule has 1 fully saturated rings. The van der Waals surface area contributed by atoms with Crippen LogP contribution in [0, 0.1) is 32.5 Å². The average molecular weight is 354 g/mol. The van der Waals surface area contributed by atoms with Crippen molar-refractivity contribution in [3.63, 3.8) is 0 Å². The summed E-state index contributed by atoms with van der Waals surface area (Å²) in [7, 11) is 0. The maximum atomic E-state index is 14.6. The summed E-state index contributed by atoms with van der Waals surface area (Å²) in [6, 6.07) is 8.60. The Bertz CT molecular complexity index is 794. The predicted molar refractivity (Wildman–Crippen MR) is 102 cm³/mol. The highest BCUT2D eigenvalue weighted by Crippen LogP contribution is 2.36. The van der Waals surface area contributed by atoms with Gasteiger partial charge in [0.15, 0.2) is 0 Å². The van der Waals surface area contributed by atoms with Crippen LogP contribution in [0.3, 0.4) is 0 Å². The lowest BCUT2D eigenvalue weighted by Gasteiger charge is -2.26. The van der Waals surface area contributed by atoms with Gasteiger partial charge in [-0.05, 0) is 92.0 Å². The van der Waals surface area contributed by atoms with Gasteiger partial charge in [0, 0.05) is 0 Å². The topological polar surface area (TPSA) is 26.3 Å². The first-order chi connectivity index (χ1) is 12.3. The zero-order chi connectivity index (χ0) is 18.8. The van der Waals surface area contributed by atoms with E-state index in [0.717, 1.165) is 35.4 Å². The highest BCUT2D eigenvalue weighted by atomic mass is 19.1. The van der Waals surface area contributed by atoms with Crippen molar-refractivity contribution in [1.29, 1.82) is 0 Å². The van der Waals surface area contributed by atoms with E-state index in [1.54, 1.807) is 6.07 Å². The van der Waals surface area contributed by atoms with Crippen LogP contribution in [-0.4, -0.2) is 5.97 Å². The molecule has 0 aliphatic heterocycles. The van der Waals surface area contributed by atoms with Crippen molar-refractivity contribution in [2.24, 2.45) is 5.92 Å². The molecule has 0 unspecified atom stereocenters. The number of carbonyl (C=O) groups is 1. The molecule has 2 aromatic rings. The molecule has 0 atom stereocenters. The predicted octanol–water partition coefficient (Wildman–Crippen LogP) is 6.26. The van der Waals surface area contributed by atoms with Gasteiger partial charge in [-0.3, -0.25) is 0 Å². The first kappa shape index (κ1) is 18.6. The van der Waals surface area contributed by atoms with Gasteiger partial charge >= 0.3 is 5.97 Å². The quantitative estimate of drug-likeness (QED) is 0.480. The molecule has 0 aromatic heterocycles. The second kappa shape index (κ2) is 7.61. The summed E-state index contributed by atoms with van der Waals surface area (Å²) in [6.07, 6.45) is 4.54. The van der Waals surface area contributed by atoms with E-state index in [4.69, 9.17) is 4.74 Å². The number of hydrogen-bond donors (Lipinski definition) is 0. The number of halogens is 1. The van der Waals surface area contributed by atoms with Gasteiger partial charge in [0.1, 0.15) is 11.6 Å². The van der Waals surface area contributed by atoms with Crippen molar-refractivity contribution in [3.05, 3.63) is 64.0 Å².